The van der Waals surface area contributed by atoms with E-state index < -0.39 is 5.97 Å². The maximum absolute atomic E-state index is 10.8. The molecule has 0 unspecified atom stereocenters. The van der Waals surface area contributed by atoms with Gasteiger partial charge in [-0.15, -0.1) is 0 Å². The second-order valence-electron chi connectivity index (χ2n) is 2.56. The van der Waals surface area contributed by atoms with Crippen LogP contribution < -0.4 is 0 Å². The predicted molar refractivity (Wildman–Crippen MR) is 58.7 cm³/mol. The fourth-order valence-electron chi connectivity index (χ4n) is 1.02. The molecule has 2 nitrogen and oxygen atoms in total. The molecule has 0 saturated heterocycles. The van der Waals surface area contributed by atoms with Crippen molar-refractivity contribution < 1.29 is 9.90 Å². The third-order valence-electron chi connectivity index (χ3n) is 1.70. The van der Waals surface area contributed by atoms with E-state index in [1.165, 1.54) is 0 Å². The van der Waals surface area contributed by atoms with E-state index >= 15 is 0 Å². The minimum Gasteiger partial charge on any atom is -0.478 e. The normalized spacial score (nSPS) is 10.0. The molecule has 1 aromatic carbocycles. The minimum atomic E-state index is -0.878. The zero-order valence-electron chi connectivity index (χ0n) is 6.76. The Morgan fingerprint density at radius 3 is 2.46 bits per heavy atom. The first kappa shape index (κ1) is 10.7. The summed E-state index contributed by atoms with van der Waals surface area (Å²) >= 11 is 6.53. The summed E-state index contributed by atoms with van der Waals surface area (Å²) in [5, 5.41) is 10.1. The van der Waals surface area contributed by atoms with Crippen molar-refractivity contribution in [2.45, 2.75) is 10.7 Å². The van der Waals surface area contributed by atoms with E-state index in [-0.39, 0.29) is 0 Å². The first-order valence-corrected chi connectivity index (χ1v) is 5.90. The molecule has 0 atom stereocenters. The van der Waals surface area contributed by atoms with Gasteiger partial charge in [0.05, 0.1) is 5.56 Å². The summed E-state index contributed by atoms with van der Waals surface area (Å²) in [5.41, 5.74) is 2.15. The number of carboxylic acids is 1. The monoisotopic (exact) mass is 306 g/mol. The predicted octanol–water partition coefficient (Wildman–Crippen LogP) is 3.17. The Hall–Kier alpha value is -0.350. The summed E-state index contributed by atoms with van der Waals surface area (Å²) < 4.78 is 0. The highest BCUT2D eigenvalue weighted by Gasteiger charge is 2.09. The Bertz CT molecular complexity index is 323. The topological polar surface area (TPSA) is 37.3 Å². The maximum atomic E-state index is 10.8. The van der Waals surface area contributed by atoms with Gasteiger partial charge in [0.25, 0.3) is 0 Å². The van der Waals surface area contributed by atoms with Gasteiger partial charge in [-0.1, -0.05) is 44.0 Å². The van der Waals surface area contributed by atoms with Crippen molar-refractivity contribution in [2.24, 2.45) is 0 Å². The van der Waals surface area contributed by atoms with Crippen LogP contribution in [0.3, 0.4) is 0 Å². The number of carbonyl (C=O) groups is 1. The molecule has 1 aromatic rings. The standard InChI is InChI=1S/C9H8Br2O2/c10-4-6-1-2-7(5-11)8(3-6)9(12)13/h1-3H,4-5H2,(H,12,13). The first-order chi connectivity index (χ1) is 6.19. The Morgan fingerprint density at radius 2 is 2.00 bits per heavy atom. The molecule has 0 aliphatic carbocycles. The van der Waals surface area contributed by atoms with Crippen molar-refractivity contribution in [3.05, 3.63) is 34.9 Å². The van der Waals surface area contributed by atoms with Gasteiger partial charge >= 0.3 is 5.97 Å². The van der Waals surface area contributed by atoms with E-state index in [4.69, 9.17) is 5.11 Å². The van der Waals surface area contributed by atoms with Crippen molar-refractivity contribution >= 4 is 37.8 Å². The molecule has 0 aliphatic heterocycles. The van der Waals surface area contributed by atoms with E-state index in [2.05, 4.69) is 31.9 Å². The lowest BCUT2D eigenvalue weighted by atomic mass is 10.1. The van der Waals surface area contributed by atoms with E-state index in [1.54, 1.807) is 6.07 Å². The maximum Gasteiger partial charge on any atom is 0.336 e. The zero-order chi connectivity index (χ0) is 9.84. The zero-order valence-corrected chi connectivity index (χ0v) is 9.93. The highest BCUT2D eigenvalue weighted by molar-refractivity contribution is 9.08. The first-order valence-electron chi connectivity index (χ1n) is 3.66. The Balaban J connectivity index is 3.18. The van der Waals surface area contributed by atoms with Gasteiger partial charge in [-0.05, 0) is 17.2 Å². The van der Waals surface area contributed by atoms with Crippen LogP contribution in [0.2, 0.25) is 0 Å². The Labute approximate surface area is 93.2 Å². The van der Waals surface area contributed by atoms with Crippen LogP contribution in [0.25, 0.3) is 0 Å². The third-order valence-corrected chi connectivity index (χ3v) is 2.95. The molecule has 0 aromatic heterocycles. The molecule has 0 amide bonds. The number of benzene rings is 1. The second kappa shape index (κ2) is 4.77. The van der Waals surface area contributed by atoms with Crippen LogP contribution in [-0.4, -0.2) is 11.1 Å². The number of halogens is 2. The fraction of sp³-hybridized carbons (Fsp3) is 0.222. The number of carboxylic acid groups (broad SMARTS) is 1. The molecule has 0 aliphatic rings. The molecule has 1 N–H and O–H groups in total. The van der Waals surface area contributed by atoms with Gasteiger partial charge in [0.1, 0.15) is 0 Å². The molecule has 0 fully saturated rings. The van der Waals surface area contributed by atoms with Gasteiger partial charge in [0.15, 0.2) is 0 Å². The number of rotatable bonds is 3. The number of aromatic carboxylic acids is 1. The lowest BCUT2D eigenvalue weighted by molar-refractivity contribution is 0.0696. The van der Waals surface area contributed by atoms with Crippen LogP contribution in [-0.2, 0) is 10.7 Å². The second-order valence-corrected chi connectivity index (χ2v) is 3.69. The molecule has 0 heterocycles. The molecule has 0 spiro atoms. The highest BCUT2D eigenvalue weighted by Crippen LogP contribution is 2.16. The average molecular weight is 308 g/mol. The summed E-state index contributed by atoms with van der Waals surface area (Å²) in [6.45, 7) is 0. The summed E-state index contributed by atoms with van der Waals surface area (Å²) in [6.07, 6.45) is 0. The molecule has 0 radical (unpaired) electrons. The van der Waals surface area contributed by atoms with Crippen molar-refractivity contribution in [2.75, 3.05) is 0 Å². The van der Waals surface area contributed by atoms with Crippen LogP contribution in [0.4, 0.5) is 0 Å². The van der Waals surface area contributed by atoms with Crippen LogP contribution in [0.15, 0.2) is 18.2 Å². The molecule has 70 valence electrons. The van der Waals surface area contributed by atoms with E-state index in [1.807, 2.05) is 12.1 Å². The molecule has 4 heteroatoms. The van der Waals surface area contributed by atoms with Crippen LogP contribution in [0.1, 0.15) is 21.5 Å². The SMILES string of the molecule is O=C(O)c1cc(CBr)ccc1CBr. The highest BCUT2D eigenvalue weighted by atomic mass is 79.9. The minimum absolute atomic E-state index is 0.369. The summed E-state index contributed by atoms with van der Waals surface area (Å²) in [5.74, 6) is -0.878. The average Bonchev–Trinajstić information content (AvgIpc) is 2.16. The fourth-order valence-corrected chi connectivity index (χ4v) is 1.86. The quantitative estimate of drug-likeness (QED) is 0.871. The molecule has 0 saturated carbocycles. The van der Waals surface area contributed by atoms with Gasteiger partial charge < -0.3 is 5.11 Å². The van der Waals surface area contributed by atoms with Gasteiger partial charge in [-0.2, -0.15) is 0 Å². The molecular formula is C9H8Br2O2. The summed E-state index contributed by atoms with van der Waals surface area (Å²) in [7, 11) is 0. The number of alkyl halides is 2. The van der Waals surface area contributed by atoms with Crippen LogP contribution >= 0.6 is 31.9 Å². The Kier molecular flexibility index (Phi) is 3.93. The van der Waals surface area contributed by atoms with Gasteiger partial charge in [-0.25, -0.2) is 4.79 Å². The summed E-state index contributed by atoms with van der Waals surface area (Å²) in [6, 6.07) is 5.43. The van der Waals surface area contributed by atoms with E-state index in [0.717, 1.165) is 11.1 Å². The molecule has 0 bridgehead atoms. The van der Waals surface area contributed by atoms with Gasteiger partial charge in [0, 0.05) is 10.7 Å². The van der Waals surface area contributed by atoms with Crippen molar-refractivity contribution in [1.29, 1.82) is 0 Å². The van der Waals surface area contributed by atoms with Crippen molar-refractivity contribution in [3.63, 3.8) is 0 Å². The smallest absolute Gasteiger partial charge is 0.336 e. The molecule has 1 rings (SSSR count). The summed E-state index contributed by atoms with van der Waals surface area (Å²) in [4.78, 5) is 10.8. The van der Waals surface area contributed by atoms with Gasteiger partial charge in [-0.3, -0.25) is 0 Å². The number of hydrogen-bond donors (Lipinski definition) is 1. The lowest BCUT2D eigenvalue weighted by Gasteiger charge is -2.04. The van der Waals surface area contributed by atoms with Gasteiger partial charge in [0.2, 0.25) is 0 Å². The van der Waals surface area contributed by atoms with Crippen LogP contribution in [0, 0.1) is 0 Å². The largest absolute Gasteiger partial charge is 0.478 e. The molecular weight excluding hydrogens is 300 g/mol. The third kappa shape index (κ3) is 2.54. The van der Waals surface area contributed by atoms with E-state index in [0.29, 0.717) is 16.2 Å². The van der Waals surface area contributed by atoms with E-state index in [9.17, 15) is 4.79 Å². The number of hydrogen-bond acceptors (Lipinski definition) is 1. The van der Waals surface area contributed by atoms with Crippen molar-refractivity contribution in [3.8, 4) is 0 Å². The van der Waals surface area contributed by atoms with Crippen molar-refractivity contribution in [1.82, 2.24) is 0 Å². The lowest BCUT2D eigenvalue weighted by Crippen LogP contribution is -2.01. The molecule has 13 heavy (non-hydrogen) atoms. The Morgan fingerprint density at radius 1 is 1.31 bits per heavy atom. The van der Waals surface area contributed by atoms with Crippen LogP contribution in [0.5, 0.6) is 0 Å².